The number of rotatable bonds is 4. The number of esters is 1. The van der Waals surface area contributed by atoms with E-state index in [1.165, 1.54) is 12.8 Å². The van der Waals surface area contributed by atoms with Crippen LogP contribution in [0.25, 0.3) is 0 Å². The van der Waals surface area contributed by atoms with E-state index in [0.29, 0.717) is 17.9 Å². The summed E-state index contributed by atoms with van der Waals surface area (Å²) in [5, 5.41) is 0. The van der Waals surface area contributed by atoms with E-state index in [9.17, 15) is 9.59 Å². The van der Waals surface area contributed by atoms with Crippen LogP contribution in [0.15, 0.2) is 24.3 Å². The molecule has 1 aliphatic carbocycles. The highest BCUT2D eigenvalue weighted by Gasteiger charge is 2.31. The van der Waals surface area contributed by atoms with Crippen LogP contribution in [0.3, 0.4) is 0 Å². The van der Waals surface area contributed by atoms with Gasteiger partial charge in [0.25, 0.3) is 0 Å². The van der Waals surface area contributed by atoms with Crippen molar-refractivity contribution in [3.05, 3.63) is 57.9 Å². The first-order chi connectivity index (χ1) is 12.0. The lowest BCUT2D eigenvalue weighted by atomic mass is 9.83. The maximum absolute atomic E-state index is 12.8. The third kappa shape index (κ3) is 3.01. The fraction of sp³-hybridized carbons (Fsp3) is 0.429. The molecule has 1 aromatic carbocycles. The number of carbonyl (C=O) groups is 2. The first-order valence-corrected chi connectivity index (χ1v) is 8.87. The summed E-state index contributed by atoms with van der Waals surface area (Å²) in [6.45, 7) is 6.95. The molecule has 1 heterocycles. The normalized spacial score (nSPS) is 16.6. The highest BCUT2D eigenvalue weighted by molar-refractivity contribution is 6.01. The average molecular weight is 339 g/mol. The lowest BCUT2D eigenvalue weighted by molar-refractivity contribution is 0.0600. The van der Waals surface area contributed by atoms with E-state index in [4.69, 9.17) is 4.74 Å². The number of hydrogen-bond donors (Lipinski definition) is 0. The van der Waals surface area contributed by atoms with Gasteiger partial charge in [-0.25, -0.2) is 4.79 Å². The molecule has 0 saturated heterocycles. The highest BCUT2D eigenvalue weighted by Crippen LogP contribution is 2.33. The molecule has 0 saturated carbocycles. The maximum atomic E-state index is 12.8. The van der Waals surface area contributed by atoms with Crippen molar-refractivity contribution in [3.63, 3.8) is 0 Å². The molecular formula is C21H25NO3. The van der Waals surface area contributed by atoms with E-state index >= 15 is 0 Å². The van der Waals surface area contributed by atoms with Crippen molar-refractivity contribution in [2.45, 2.75) is 46.6 Å². The van der Waals surface area contributed by atoms with Gasteiger partial charge in [-0.2, -0.15) is 0 Å². The number of fused-ring (bicyclic) bond motifs is 1. The van der Waals surface area contributed by atoms with Crippen molar-refractivity contribution in [1.82, 2.24) is 4.57 Å². The molecule has 4 nitrogen and oxygen atoms in total. The maximum Gasteiger partial charge on any atom is 0.337 e. The average Bonchev–Trinajstić information content (AvgIpc) is 2.87. The van der Waals surface area contributed by atoms with Crippen LogP contribution in [0.5, 0.6) is 0 Å². The van der Waals surface area contributed by atoms with Crippen LogP contribution in [0.4, 0.5) is 0 Å². The first kappa shape index (κ1) is 17.5. The molecule has 1 unspecified atom stereocenters. The van der Waals surface area contributed by atoms with Crippen LogP contribution in [0, 0.1) is 19.8 Å². The largest absolute Gasteiger partial charge is 0.465 e. The molecule has 2 aromatic rings. The highest BCUT2D eigenvalue weighted by atomic mass is 16.5. The molecule has 0 N–H and O–H groups in total. The Kier molecular flexibility index (Phi) is 4.80. The minimum absolute atomic E-state index is 0.167. The quantitative estimate of drug-likeness (QED) is 0.788. The van der Waals surface area contributed by atoms with Crippen molar-refractivity contribution in [3.8, 4) is 0 Å². The second-order valence-corrected chi connectivity index (χ2v) is 6.81. The predicted molar refractivity (Wildman–Crippen MR) is 97.2 cm³/mol. The van der Waals surface area contributed by atoms with E-state index in [-0.39, 0.29) is 11.9 Å². The minimum atomic E-state index is -0.326. The fourth-order valence-corrected chi connectivity index (χ4v) is 3.82. The van der Waals surface area contributed by atoms with Crippen LogP contribution in [0.2, 0.25) is 0 Å². The lowest BCUT2D eigenvalue weighted by Gasteiger charge is -2.22. The number of carbonyl (C=O) groups excluding carboxylic acids is 2. The SMILES string of the molecule is CCC1CCc2c(c(C)c(C)n2Cc2ccc(C(=O)OC)cc2)C1=O. The molecule has 1 aliphatic rings. The molecular weight excluding hydrogens is 314 g/mol. The number of aromatic nitrogens is 1. The third-order valence-electron chi connectivity index (χ3n) is 5.49. The van der Waals surface area contributed by atoms with Gasteiger partial charge >= 0.3 is 5.97 Å². The van der Waals surface area contributed by atoms with Gasteiger partial charge in [-0.1, -0.05) is 19.1 Å². The van der Waals surface area contributed by atoms with Gasteiger partial charge in [-0.05, 0) is 56.4 Å². The van der Waals surface area contributed by atoms with Crippen LogP contribution < -0.4 is 0 Å². The molecule has 132 valence electrons. The summed E-state index contributed by atoms with van der Waals surface area (Å²) in [6, 6.07) is 7.48. The Morgan fingerprint density at radius 2 is 1.92 bits per heavy atom. The Hall–Kier alpha value is -2.36. The molecule has 0 amide bonds. The van der Waals surface area contributed by atoms with Gasteiger partial charge < -0.3 is 9.30 Å². The van der Waals surface area contributed by atoms with Crippen molar-refractivity contribution in [2.24, 2.45) is 5.92 Å². The van der Waals surface area contributed by atoms with Crippen molar-refractivity contribution in [2.75, 3.05) is 7.11 Å². The topological polar surface area (TPSA) is 48.3 Å². The van der Waals surface area contributed by atoms with E-state index in [1.807, 2.05) is 12.1 Å². The number of ketones is 1. The summed E-state index contributed by atoms with van der Waals surface area (Å²) in [5.74, 6) is 0.151. The molecule has 4 heteroatoms. The minimum Gasteiger partial charge on any atom is -0.465 e. The standard InChI is InChI=1S/C21H25NO3/c1-5-16-10-11-18-19(20(16)23)13(2)14(3)22(18)12-15-6-8-17(9-7-15)21(24)25-4/h6-9,16H,5,10-12H2,1-4H3. The van der Waals surface area contributed by atoms with Gasteiger partial charge in [0.15, 0.2) is 5.78 Å². The number of ether oxygens (including phenoxy) is 1. The number of Topliss-reactive ketones (excluding diaryl/α,β-unsaturated/α-hetero) is 1. The van der Waals surface area contributed by atoms with E-state index < -0.39 is 0 Å². The number of methoxy groups -OCH3 is 1. The van der Waals surface area contributed by atoms with Gasteiger partial charge in [0.1, 0.15) is 0 Å². The van der Waals surface area contributed by atoms with E-state index in [0.717, 1.165) is 41.6 Å². The van der Waals surface area contributed by atoms with Gasteiger partial charge in [0.05, 0.1) is 12.7 Å². The molecule has 25 heavy (non-hydrogen) atoms. The van der Waals surface area contributed by atoms with Crippen LogP contribution >= 0.6 is 0 Å². The number of benzene rings is 1. The summed E-state index contributed by atoms with van der Waals surface area (Å²) in [7, 11) is 1.38. The van der Waals surface area contributed by atoms with Crippen LogP contribution in [0.1, 0.15) is 63.0 Å². The van der Waals surface area contributed by atoms with Crippen molar-refractivity contribution < 1.29 is 14.3 Å². The predicted octanol–water partition coefficient (Wildman–Crippen LogP) is 4.09. The molecule has 0 spiro atoms. The number of hydrogen-bond acceptors (Lipinski definition) is 3. The molecule has 1 aromatic heterocycles. The third-order valence-corrected chi connectivity index (χ3v) is 5.49. The summed E-state index contributed by atoms with van der Waals surface area (Å²) >= 11 is 0. The number of nitrogens with zero attached hydrogens (tertiary/aromatic N) is 1. The van der Waals surface area contributed by atoms with Crippen molar-refractivity contribution >= 4 is 11.8 Å². The van der Waals surface area contributed by atoms with Crippen LogP contribution in [-0.4, -0.2) is 23.4 Å². The van der Waals surface area contributed by atoms with E-state index in [1.54, 1.807) is 12.1 Å². The molecule has 0 radical (unpaired) electrons. The second kappa shape index (κ2) is 6.87. The summed E-state index contributed by atoms with van der Waals surface area (Å²) in [5.41, 5.74) is 6.05. The lowest BCUT2D eigenvalue weighted by Crippen LogP contribution is -2.23. The molecule has 0 fully saturated rings. The van der Waals surface area contributed by atoms with Crippen molar-refractivity contribution in [1.29, 1.82) is 0 Å². The monoisotopic (exact) mass is 339 g/mol. The summed E-state index contributed by atoms with van der Waals surface area (Å²) in [4.78, 5) is 24.3. The Bertz CT molecular complexity index is 815. The van der Waals surface area contributed by atoms with Crippen LogP contribution in [-0.2, 0) is 17.7 Å². The zero-order valence-electron chi connectivity index (χ0n) is 15.4. The zero-order chi connectivity index (χ0) is 18.1. The first-order valence-electron chi connectivity index (χ1n) is 8.87. The van der Waals surface area contributed by atoms with E-state index in [2.05, 4.69) is 25.3 Å². The zero-order valence-corrected chi connectivity index (χ0v) is 15.4. The smallest absolute Gasteiger partial charge is 0.337 e. The Morgan fingerprint density at radius 3 is 2.52 bits per heavy atom. The Morgan fingerprint density at radius 1 is 1.24 bits per heavy atom. The molecule has 0 bridgehead atoms. The molecule has 3 rings (SSSR count). The van der Waals surface area contributed by atoms with Gasteiger partial charge in [0.2, 0.25) is 0 Å². The second-order valence-electron chi connectivity index (χ2n) is 6.81. The summed E-state index contributed by atoms with van der Waals surface area (Å²) in [6.07, 6.45) is 2.80. The van der Waals surface area contributed by atoms with Gasteiger partial charge in [0, 0.05) is 29.4 Å². The molecule has 1 atom stereocenters. The van der Waals surface area contributed by atoms with Gasteiger partial charge in [-0.15, -0.1) is 0 Å². The Balaban J connectivity index is 1.93. The fourth-order valence-electron chi connectivity index (χ4n) is 3.82. The Labute approximate surface area is 148 Å². The summed E-state index contributed by atoms with van der Waals surface area (Å²) < 4.78 is 7.01. The van der Waals surface area contributed by atoms with Gasteiger partial charge in [-0.3, -0.25) is 4.79 Å². The molecule has 0 aliphatic heterocycles.